The van der Waals surface area contributed by atoms with Crippen molar-refractivity contribution in [3.63, 3.8) is 0 Å². The van der Waals surface area contributed by atoms with Gasteiger partial charge in [-0.05, 0) is 43.2 Å². The SMILES string of the molecule is COCOc1c(N2C3CCC2CN(C(=O)c2ccc(F)cc2Cl)C3)cccc1C(F)(F)F. The lowest BCUT2D eigenvalue weighted by Gasteiger charge is -2.43. The van der Waals surface area contributed by atoms with Crippen molar-refractivity contribution in [2.45, 2.75) is 31.1 Å². The number of para-hydroxylation sites is 1. The molecule has 2 unspecified atom stereocenters. The monoisotopic (exact) mass is 472 g/mol. The molecule has 2 heterocycles. The van der Waals surface area contributed by atoms with Gasteiger partial charge in [0.25, 0.3) is 5.91 Å². The fourth-order valence-electron chi connectivity index (χ4n) is 4.52. The molecule has 2 aromatic rings. The molecule has 2 bridgehead atoms. The average molecular weight is 473 g/mol. The lowest BCUT2D eigenvalue weighted by molar-refractivity contribution is -0.139. The second-order valence-electron chi connectivity index (χ2n) is 7.83. The second kappa shape index (κ2) is 8.78. The highest BCUT2D eigenvalue weighted by atomic mass is 35.5. The second-order valence-corrected chi connectivity index (χ2v) is 8.24. The van der Waals surface area contributed by atoms with Gasteiger partial charge in [-0.1, -0.05) is 17.7 Å². The van der Waals surface area contributed by atoms with Crippen molar-refractivity contribution in [1.29, 1.82) is 0 Å². The Kier molecular flexibility index (Phi) is 6.22. The molecule has 2 fully saturated rings. The van der Waals surface area contributed by atoms with Crippen LogP contribution < -0.4 is 9.64 Å². The maximum absolute atomic E-state index is 13.6. The number of likely N-dealkylation sites (tertiary alicyclic amines) is 1. The maximum Gasteiger partial charge on any atom is 0.420 e. The summed E-state index contributed by atoms with van der Waals surface area (Å²) in [6.07, 6.45) is -3.16. The van der Waals surface area contributed by atoms with Crippen LogP contribution >= 0.6 is 11.6 Å². The van der Waals surface area contributed by atoms with Gasteiger partial charge in [-0.3, -0.25) is 4.79 Å². The third-order valence-corrected chi connectivity index (χ3v) is 6.14. The van der Waals surface area contributed by atoms with E-state index in [0.29, 0.717) is 31.6 Å². The molecule has 1 amide bonds. The zero-order chi connectivity index (χ0) is 23.0. The molecule has 0 spiro atoms. The summed E-state index contributed by atoms with van der Waals surface area (Å²) in [6.45, 7) is 0.295. The van der Waals surface area contributed by atoms with Crippen molar-refractivity contribution < 1.29 is 31.8 Å². The number of carbonyl (C=O) groups is 1. The predicted molar refractivity (Wildman–Crippen MR) is 111 cm³/mol. The number of halogens is 5. The molecule has 32 heavy (non-hydrogen) atoms. The van der Waals surface area contributed by atoms with E-state index >= 15 is 0 Å². The average Bonchev–Trinajstić information content (AvgIpc) is 2.99. The fraction of sp³-hybridized carbons (Fsp3) is 0.409. The third kappa shape index (κ3) is 4.23. The van der Waals surface area contributed by atoms with E-state index in [9.17, 15) is 22.4 Å². The van der Waals surface area contributed by atoms with Crippen molar-refractivity contribution >= 4 is 23.2 Å². The molecule has 4 rings (SSSR count). The van der Waals surface area contributed by atoms with Crippen LogP contribution in [-0.4, -0.2) is 49.9 Å². The molecular formula is C22H21ClF4N2O3. The Labute approximate surface area is 187 Å². The van der Waals surface area contributed by atoms with Crippen LogP contribution in [0, 0.1) is 5.82 Å². The Morgan fingerprint density at radius 3 is 2.44 bits per heavy atom. The lowest BCUT2D eigenvalue weighted by atomic mass is 10.1. The topological polar surface area (TPSA) is 42.0 Å². The Morgan fingerprint density at radius 1 is 1.16 bits per heavy atom. The number of fused-ring (bicyclic) bond motifs is 2. The third-order valence-electron chi connectivity index (χ3n) is 5.83. The van der Waals surface area contributed by atoms with E-state index in [1.54, 1.807) is 11.0 Å². The van der Waals surface area contributed by atoms with Crippen LogP contribution in [0.1, 0.15) is 28.8 Å². The first-order chi connectivity index (χ1) is 15.2. The van der Waals surface area contributed by atoms with Crippen LogP contribution in [0.15, 0.2) is 36.4 Å². The number of anilines is 1. The summed E-state index contributed by atoms with van der Waals surface area (Å²) >= 11 is 6.05. The van der Waals surface area contributed by atoms with E-state index in [1.807, 2.05) is 4.90 Å². The number of hydrogen-bond acceptors (Lipinski definition) is 4. The number of methoxy groups -OCH3 is 1. The van der Waals surface area contributed by atoms with E-state index in [-0.39, 0.29) is 41.1 Å². The lowest BCUT2D eigenvalue weighted by Crippen LogP contribution is -2.55. The molecule has 0 N–H and O–H groups in total. The molecule has 0 aromatic heterocycles. The maximum atomic E-state index is 13.6. The molecule has 2 atom stereocenters. The summed E-state index contributed by atoms with van der Waals surface area (Å²) in [5, 5.41) is 0.0258. The molecule has 172 valence electrons. The van der Waals surface area contributed by atoms with Gasteiger partial charge in [0.15, 0.2) is 12.5 Å². The molecule has 0 saturated carbocycles. The molecule has 2 saturated heterocycles. The Hall–Kier alpha value is -2.52. The summed E-state index contributed by atoms with van der Waals surface area (Å²) in [7, 11) is 1.34. The van der Waals surface area contributed by atoms with Gasteiger partial charge >= 0.3 is 6.18 Å². The minimum Gasteiger partial charge on any atom is -0.465 e. The Morgan fingerprint density at radius 2 is 1.84 bits per heavy atom. The highest BCUT2D eigenvalue weighted by molar-refractivity contribution is 6.33. The molecule has 0 aliphatic carbocycles. The Bertz CT molecular complexity index is 1000. The first-order valence-corrected chi connectivity index (χ1v) is 10.4. The Balaban J connectivity index is 1.63. The molecule has 5 nitrogen and oxygen atoms in total. The number of alkyl halides is 3. The van der Waals surface area contributed by atoms with Gasteiger partial charge in [0.1, 0.15) is 5.82 Å². The minimum atomic E-state index is -4.59. The van der Waals surface area contributed by atoms with Crippen molar-refractivity contribution in [2.75, 3.05) is 31.9 Å². The number of piperazine rings is 1. The molecule has 2 aliphatic rings. The summed E-state index contributed by atoms with van der Waals surface area (Å²) in [4.78, 5) is 16.5. The van der Waals surface area contributed by atoms with Crippen molar-refractivity contribution in [1.82, 2.24) is 4.90 Å². The summed E-state index contributed by atoms with van der Waals surface area (Å²) in [5.74, 6) is -1.14. The van der Waals surface area contributed by atoms with Gasteiger partial charge in [0, 0.05) is 32.3 Å². The fourth-order valence-corrected chi connectivity index (χ4v) is 4.76. The molecular weight excluding hydrogens is 452 g/mol. The normalized spacial score (nSPS) is 20.6. The molecule has 10 heteroatoms. The molecule has 2 aromatic carbocycles. The van der Waals surface area contributed by atoms with Gasteiger partial charge < -0.3 is 19.3 Å². The number of nitrogens with zero attached hydrogens (tertiary/aromatic N) is 2. The quantitative estimate of drug-likeness (QED) is 0.455. The smallest absolute Gasteiger partial charge is 0.420 e. The standard InChI is InChI=1S/C22H21ClF4N2O3/c1-31-12-32-20-17(22(25,26)27)3-2-4-19(20)29-14-6-7-15(29)11-28(10-14)21(30)16-8-5-13(24)9-18(16)23/h2-5,8-9,14-15H,6-7,10-12H2,1H3. The number of benzene rings is 2. The van der Waals surface area contributed by atoms with E-state index in [0.717, 1.165) is 12.1 Å². The zero-order valence-electron chi connectivity index (χ0n) is 17.2. The van der Waals surface area contributed by atoms with Crippen LogP contribution in [0.25, 0.3) is 0 Å². The minimum absolute atomic E-state index is 0.0258. The summed E-state index contributed by atoms with van der Waals surface area (Å²) < 4.78 is 64.4. The van der Waals surface area contributed by atoms with Gasteiger partial charge in [-0.2, -0.15) is 13.2 Å². The summed E-state index contributed by atoms with van der Waals surface area (Å²) in [6, 6.07) is 7.15. The van der Waals surface area contributed by atoms with Gasteiger partial charge in [-0.25, -0.2) is 4.39 Å². The molecule has 0 radical (unpaired) electrons. The van der Waals surface area contributed by atoms with Crippen LogP contribution in [-0.2, 0) is 10.9 Å². The highest BCUT2D eigenvalue weighted by Crippen LogP contribution is 2.46. The van der Waals surface area contributed by atoms with Crippen LogP contribution in [0.2, 0.25) is 5.02 Å². The first-order valence-electron chi connectivity index (χ1n) is 10.0. The number of hydrogen-bond donors (Lipinski definition) is 0. The number of rotatable bonds is 5. The largest absolute Gasteiger partial charge is 0.465 e. The highest BCUT2D eigenvalue weighted by Gasteiger charge is 2.44. The van der Waals surface area contributed by atoms with Crippen molar-refractivity contribution in [2.24, 2.45) is 0 Å². The summed E-state index contributed by atoms with van der Waals surface area (Å²) in [5.41, 5.74) is -0.344. The number of ether oxygens (including phenoxy) is 2. The van der Waals surface area contributed by atoms with Gasteiger partial charge in [0.2, 0.25) is 0 Å². The van der Waals surface area contributed by atoms with E-state index < -0.39 is 17.6 Å². The van der Waals surface area contributed by atoms with Crippen LogP contribution in [0.5, 0.6) is 5.75 Å². The van der Waals surface area contributed by atoms with Crippen LogP contribution in [0.3, 0.4) is 0 Å². The zero-order valence-corrected chi connectivity index (χ0v) is 17.9. The van der Waals surface area contributed by atoms with Gasteiger partial charge in [0.05, 0.1) is 21.8 Å². The van der Waals surface area contributed by atoms with Gasteiger partial charge in [-0.15, -0.1) is 0 Å². The van der Waals surface area contributed by atoms with E-state index in [2.05, 4.69) is 0 Å². The number of amides is 1. The van der Waals surface area contributed by atoms with Crippen molar-refractivity contribution in [3.8, 4) is 5.75 Å². The molecule has 2 aliphatic heterocycles. The first kappa shape index (κ1) is 22.7. The number of carbonyl (C=O) groups excluding carboxylic acids is 1. The predicted octanol–water partition coefficient (Wildman–Crippen LogP) is 4.97. The van der Waals surface area contributed by atoms with E-state index in [1.165, 1.54) is 25.3 Å². The van der Waals surface area contributed by atoms with Crippen LogP contribution in [0.4, 0.5) is 23.2 Å². The van der Waals surface area contributed by atoms with Crippen molar-refractivity contribution in [3.05, 3.63) is 58.4 Å². The van der Waals surface area contributed by atoms with E-state index in [4.69, 9.17) is 21.1 Å².